The molecule has 5 nitrogen and oxygen atoms in total. The lowest BCUT2D eigenvalue weighted by molar-refractivity contribution is -0.118. The highest BCUT2D eigenvalue weighted by atomic mass is 16.2. The quantitative estimate of drug-likeness (QED) is 0.769. The Labute approximate surface area is 144 Å². The highest BCUT2D eigenvalue weighted by Gasteiger charge is 2.24. The molecule has 0 radical (unpaired) electrons. The SMILES string of the molecule is N#CC(C(N)=O)c1c(NC(=O)c2ccccc2)ccc2ccccc12. The Bertz CT molecular complexity index is 991. The number of rotatable bonds is 4. The lowest BCUT2D eigenvalue weighted by Crippen LogP contribution is -2.22. The van der Waals surface area contributed by atoms with Gasteiger partial charge in [0.1, 0.15) is 0 Å². The van der Waals surface area contributed by atoms with Crippen molar-refractivity contribution in [3.05, 3.63) is 77.9 Å². The fourth-order valence-electron chi connectivity index (χ4n) is 2.77. The highest BCUT2D eigenvalue weighted by molar-refractivity contribution is 6.07. The Balaban J connectivity index is 2.13. The molecule has 0 aliphatic heterocycles. The summed E-state index contributed by atoms with van der Waals surface area (Å²) < 4.78 is 0. The van der Waals surface area contributed by atoms with Crippen molar-refractivity contribution < 1.29 is 9.59 Å². The number of nitriles is 1. The van der Waals surface area contributed by atoms with Gasteiger partial charge in [0.15, 0.2) is 5.92 Å². The molecule has 0 saturated carbocycles. The van der Waals surface area contributed by atoms with E-state index in [0.717, 1.165) is 5.39 Å². The van der Waals surface area contributed by atoms with E-state index in [1.807, 2.05) is 36.4 Å². The van der Waals surface area contributed by atoms with Crippen LogP contribution in [0.3, 0.4) is 0 Å². The van der Waals surface area contributed by atoms with Crippen LogP contribution in [0, 0.1) is 11.3 Å². The largest absolute Gasteiger partial charge is 0.368 e. The van der Waals surface area contributed by atoms with Crippen LogP contribution < -0.4 is 11.1 Å². The Hall–Kier alpha value is -3.65. The molecule has 0 bridgehead atoms. The molecule has 0 aliphatic carbocycles. The summed E-state index contributed by atoms with van der Waals surface area (Å²) >= 11 is 0. The molecule has 1 atom stereocenters. The normalized spacial score (nSPS) is 11.5. The van der Waals surface area contributed by atoms with Gasteiger partial charge in [-0.05, 0) is 29.0 Å². The summed E-state index contributed by atoms with van der Waals surface area (Å²) in [5.41, 5.74) is 6.70. The number of carbonyl (C=O) groups excluding carboxylic acids is 2. The predicted octanol–water partition coefficient (Wildman–Crippen LogP) is 3.18. The third-order valence-electron chi connectivity index (χ3n) is 3.96. The minimum absolute atomic E-state index is 0.321. The Kier molecular flexibility index (Phi) is 4.44. The number of amides is 2. The monoisotopic (exact) mass is 329 g/mol. The zero-order valence-electron chi connectivity index (χ0n) is 13.3. The number of anilines is 1. The summed E-state index contributed by atoms with van der Waals surface area (Å²) in [4.78, 5) is 24.2. The smallest absolute Gasteiger partial charge is 0.255 e. The van der Waals surface area contributed by atoms with Crippen molar-refractivity contribution in [2.45, 2.75) is 5.92 Å². The van der Waals surface area contributed by atoms with E-state index in [2.05, 4.69) is 5.32 Å². The van der Waals surface area contributed by atoms with Crippen molar-refractivity contribution in [2.75, 3.05) is 5.32 Å². The van der Waals surface area contributed by atoms with Gasteiger partial charge in [-0.15, -0.1) is 0 Å². The molecule has 0 fully saturated rings. The van der Waals surface area contributed by atoms with Gasteiger partial charge in [0.2, 0.25) is 5.91 Å². The summed E-state index contributed by atoms with van der Waals surface area (Å²) in [7, 11) is 0. The van der Waals surface area contributed by atoms with Gasteiger partial charge < -0.3 is 11.1 Å². The number of hydrogen-bond acceptors (Lipinski definition) is 3. The minimum atomic E-state index is -1.16. The number of carbonyl (C=O) groups is 2. The molecule has 5 heteroatoms. The number of fused-ring (bicyclic) bond motifs is 1. The van der Waals surface area contributed by atoms with E-state index in [9.17, 15) is 14.9 Å². The van der Waals surface area contributed by atoms with E-state index in [0.29, 0.717) is 22.2 Å². The molecule has 3 aromatic rings. The van der Waals surface area contributed by atoms with Crippen LogP contribution in [-0.4, -0.2) is 11.8 Å². The minimum Gasteiger partial charge on any atom is -0.368 e. The van der Waals surface area contributed by atoms with Crippen molar-refractivity contribution in [1.29, 1.82) is 5.26 Å². The van der Waals surface area contributed by atoms with E-state index >= 15 is 0 Å². The molecular weight excluding hydrogens is 314 g/mol. The topological polar surface area (TPSA) is 96.0 Å². The summed E-state index contributed by atoms with van der Waals surface area (Å²) in [5, 5.41) is 13.8. The molecule has 0 saturated heterocycles. The van der Waals surface area contributed by atoms with Gasteiger partial charge >= 0.3 is 0 Å². The van der Waals surface area contributed by atoms with Crippen molar-refractivity contribution in [3.63, 3.8) is 0 Å². The van der Waals surface area contributed by atoms with Crippen LogP contribution in [0.1, 0.15) is 21.8 Å². The molecule has 25 heavy (non-hydrogen) atoms. The van der Waals surface area contributed by atoms with Gasteiger partial charge in [-0.2, -0.15) is 5.26 Å². The van der Waals surface area contributed by atoms with Crippen LogP contribution in [0.5, 0.6) is 0 Å². The molecule has 0 aliphatic rings. The maximum absolute atomic E-state index is 12.5. The number of nitrogens with one attached hydrogen (secondary N) is 1. The third-order valence-corrected chi connectivity index (χ3v) is 3.96. The molecule has 1 unspecified atom stereocenters. The second-order valence-corrected chi connectivity index (χ2v) is 5.53. The third kappa shape index (κ3) is 3.19. The number of benzene rings is 3. The molecule has 3 rings (SSSR count). The number of nitrogens with two attached hydrogens (primary N) is 1. The van der Waals surface area contributed by atoms with E-state index in [1.54, 1.807) is 36.4 Å². The molecule has 0 spiro atoms. The maximum atomic E-state index is 12.5. The van der Waals surface area contributed by atoms with Gasteiger partial charge in [-0.1, -0.05) is 48.5 Å². The van der Waals surface area contributed by atoms with Crippen LogP contribution in [0.2, 0.25) is 0 Å². The summed E-state index contributed by atoms with van der Waals surface area (Å²) in [5.74, 6) is -2.23. The van der Waals surface area contributed by atoms with Crippen molar-refractivity contribution in [3.8, 4) is 6.07 Å². The molecule has 3 N–H and O–H groups in total. The Morgan fingerprint density at radius 2 is 1.64 bits per heavy atom. The van der Waals surface area contributed by atoms with Gasteiger partial charge in [-0.25, -0.2) is 0 Å². The zero-order valence-corrected chi connectivity index (χ0v) is 13.3. The van der Waals surface area contributed by atoms with Crippen LogP contribution >= 0.6 is 0 Å². The lowest BCUT2D eigenvalue weighted by atomic mass is 9.92. The van der Waals surface area contributed by atoms with Gasteiger partial charge in [-0.3, -0.25) is 9.59 Å². The first kappa shape index (κ1) is 16.2. The summed E-state index contributed by atoms with van der Waals surface area (Å²) in [6, 6.07) is 21.5. The number of hydrogen-bond donors (Lipinski definition) is 2. The summed E-state index contributed by atoms with van der Waals surface area (Å²) in [6.07, 6.45) is 0. The van der Waals surface area contributed by atoms with Crippen molar-refractivity contribution >= 4 is 28.3 Å². The number of nitrogens with zero attached hydrogens (tertiary/aromatic N) is 1. The lowest BCUT2D eigenvalue weighted by Gasteiger charge is -2.16. The second-order valence-electron chi connectivity index (χ2n) is 5.53. The Morgan fingerprint density at radius 3 is 2.32 bits per heavy atom. The maximum Gasteiger partial charge on any atom is 0.255 e. The van der Waals surface area contributed by atoms with E-state index in [4.69, 9.17) is 5.73 Å². The van der Waals surface area contributed by atoms with E-state index in [1.165, 1.54) is 0 Å². The van der Waals surface area contributed by atoms with Gasteiger partial charge in [0.05, 0.1) is 6.07 Å². The first-order valence-corrected chi connectivity index (χ1v) is 7.69. The molecule has 122 valence electrons. The first-order valence-electron chi connectivity index (χ1n) is 7.69. The van der Waals surface area contributed by atoms with Gasteiger partial charge in [0.25, 0.3) is 5.91 Å². The highest BCUT2D eigenvalue weighted by Crippen LogP contribution is 2.32. The van der Waals surface area contributed by atoms with Crippen molar-refractivity contribution in [2.24, 2.45) is 5.73 Å². The van der Waals surface area contributed by atoms with E-state index < -0.39 is 11.8 Å². The molecule has 0 heterocycles. The van der Waals surface area contributed by atoms with Gasteiger partial charge in [0, 0.05) is 16.8 Å². The predicted molar refractivity (Wildman–Crippen MR) is 95.9 cm³/mol. The molecule has 2 amide bonds. The molecular formula is C20H15N3O2. The van der Waals surface area contributed by atoms with Crippen LogP contribution in [-0.2, 0) is 4.79 Å². The summed E-state index contributed by atoms with van der Waals surface area (Å²) in [6.45, 7) is 0. The van der Waals surface area contributed by atoms with E-state index in [-0.39, 0.29) is 5.91 Å². The Morgan fingerprint density at radius 1 is 0.960 bits per heavy atom. The van der Waals surface area contributed by atoms with Crippen LogP contribution in [0.15, 0.2) is 66.7 Å². The van der Waals surface area contributed by atoms with Crippen LogP contribution in [0.25, 0.3) is 10.8 Å². The standard InChI is InChI=1S/C20H15N3O2/c21-12-16(19(22)24)18-15-9-5-4-6-13(15)10-11-17(18)23-20(25)14-7-2-1-3-8-14/h1-11,16H,(H2,22,24)(H,23,25). The molecule has 3 aromatic carbocycles. The fraction of sp³-hybridized carbons (Fsp3) is 0.0500. The van der Waals surface area contributed by atoms with Crippen molar-refractivity contribution in [1.82, 2.24) is 0 Å². The second kappa shape index (κ2) is 6.85. The average Bonchev–Trinajstić information content (AvgIpc) is 2.64. The number of primary amides is 1. The molecule has 0 aromatic heterocycles. The average molecular weight is 329 g/mol. The zero-order chi connectivity index (χ0) is 17.8. The van der Waals surface area contributed by atoms with Crippen LogP contribution in [0.4, 0.5) is 5.69 Å². The first-order chi connectivity index (χ1) is 12.1. The fourth-order valence-corrected chi connectivity index (χ4v) is 2.77.